The number of amides is 1. The highest BCUT2D eigenvalue weighted by Gasteiger charge is 2.14. The van der Waals surface area contributed by atoms with Gasteiger partial charge in [-0.05, 0) is 29.5 Å². The molecule has 16 heavy (non-hydrogen) atoms. The maximum absolute atomic E-state index is 11.8. The van der Waals surface area contributed by atoms with Crippen molar-refractivity contribution in [2.24, 2.45) is 5.92 Å². The second-order valence-corrected chi connectivity index (χ2v) is 4.71. The zero-order valence-electron chi connectivity index (χ0n) is 10.7. The van der Waals surface area contributed by atoms with Crippen LogP contribution in [0.4, 0.5) is 0 Å². The Morgan fingerprint density at radius 3 is 2.44 bits per heavy atom. The molecule has 88 valence electrons. The molecule has 0 saturated carbocycles. The molecule has 0 fully saturated rings. The summed E-state index contributed by atoms with van der Waals surface area (Å²) in [5.41, 5.74) is 1.70. The van der Waals surface area contributed by atoms with Crippen molar-refractivity contribution in [3.63, 3.8) is 0 Å². The molecular formula is C13H20N2O. The van der Waals surface area contributed by atoms with Crippen molar-refractivity contribution in [3.05, 3.63) is 29.6 Å². The maximum atomic E-state index is 11.8. The summed E-state index contributed by atoms with van der Waals surface area (Å²) in [7, 11) is 3.48. The third-order valence-electron chi connectivity index (χ3n) is 2.94. The van der Waals surface area contributed by atoms with Gasteiger partial charge in [0.2, 0.25) is 0 Å². The Morgan fingerprint density at radius 1 is 1.31 bits per heavy atom. The van der Waals surface area contributed by atoms with Crippen molar-refractivity contribution in [2.75, 3.05) is 14.1 Å². The van der Waals surface area contributed by atoms with Gasteiger partial charge in [-0.2, -0.15) is 0 Å². The lowest BCUT2D eigenvalue weighted by Gasteiger charge is -2.17. The van der Waals surface area contributed by atoms with E-state index in [4.69, 9.17) is 0 Å². The van der Waals surface area contributed by atoms with E-state index in [1.54, 1.807) is 25.2 Å². The average Bonchev–Trinajstić information content (AvgIpc) is 2.26. The number of hydrogen-bond acceptors (Lipinski definition) is 2. The zero-order chi connectivity index (χ0) is 12.3. The van der Waals surface area contributed by atoms with E-state index in [2.05, 4.69) is 25.8 Å². The van der Waals surface area contributed by atoms with Crippen LogP contribution in [0, 0.1) is 5.92 Å². The first-order chi connectivity index (χ1) is 7.43. The Balaban J connectivity index is 3.00. The predicted octanol–water partition coefficient (Wildman–Crippen LogP) is 2.54. The highest BCUT2D eigenvalue weighted by Crippen LogP contribution is 2.23. The Kier molecular flexibility index (Phi) is 4.05. The number of aromatic nitrogens is 1. The number of nitrogens with zero attached hydrogens (tertiary/aromatic N) is 2. The summed E-state index contributed by atoms with van der Waals surface area (Å²) in [6.07, 6.45) is 1.71. The van der Waals surface area contributed by atoms with Crippen LogP contribution in [0.2, 0.25) is 0 Å². The number of hydrogen-bond donors (Lipinski definition) is 0. The van der Waals surface area contributed by atoms with Gasteiger partial charge in [0, 0.05) is 20.3 Å². The Labute approximate surface area is 97.5 Å². The second-order valence-electron chi connectivity index (χ2n) is 4.71. The van der Waals surface area contributed by atoms with Gasteiger partial charge in [0.15, 0.2) is 0 Å². The number of pyridine rings is 1. The van der Waals surface area contributed by atoms with E-state index in [-0.39, 0.29) is 5.91 Å². The maximum Gasteiger partial charge on any atom is 0.271 e. The van der Waals surface area contributed by atoms with Crippen LogP contribution in [0.1, 0.15) is 42.7 Å². The van der Waals surface area contributed by atoms with Gasteiger partial charge >= 0.3 is 0 Å². The van der Waals surface area contributed by atoms with Crippen LogP contribution in [0.3, 0.4) is 0 Å². The van der Waals surface area contributed by atoms with Crippen LogP contribution in [0.25, 0.3) is 0 Å². The summed E-state index contributed by atoms with van der Waals surface area (Å²) in [6, 6.07) is 3.88. The Morgan fingerprint density at radius 2 is 1.94 bits per heavy atom. The van der Waals surface area contributed by atoms with Crippen LogP contribution < -0.4 is 0 Å². The lowest BCUT2D eigenvalue weighted by atomic mass is 9.90. The van der Waals surface area contributed by atoms with E-state index in [0.717, 1.165) is 0 Å². The van der Waals surface area contributed by atoms with E-state index in [9.17, 15) is 4.79 Å². The van der Waals surface area contributed by atoms with Crippen molar-refractivity contribution < 1.29 is 4.79 Å². The fourth-order valence-electron chi connectivity index (χ4n) is 1.46. The predicted molar refractivity (Wildman–Crippen MR) is 65.5 cm³/mol. The van der Waals surface area contributed by atoms with E-state index in [1.165, 1.54) is 5.56 Å². The van der Waals surface area contributed by atoms with Crippen molar-refractivity contribution >= 4 is 5.91 Å². The molecule has 0 aromatic carbocycles. The molecule has 0 aliphatic rings. The molecule has 1 rings (SSSR count). The summed E-state index contributed by atoms with van der Waals surface area (Å²) < 4.78 is 0. The average molecular weight is 220 g/mol. The number of carbonyl (C=O) groups excluding carboxylic acids is 1. The minimum Gasteiger partial charge on any atom is -0.343 e. The van der Waals surface area contributed by atoms with E-state index < -0.39 is 0 Å². The molecule has 0 bridgehead atoms. The van der Waals surface area contributed by atoms with Crippen molar-refractivity contribution in [3.8, 4) is 0 Å². The van der Waals surface area contributed by atoms with Gasteiger partial charge in [-0.25, -0.2) is 0 Å². The van der Waals surface area contributed by atoms with E-state index in [0.29, 0.717) is 17.5 Å². The molecular weight excluding hydrogens is 200 g/mol. The number of rotatable bonds is 3. The monoisotopic (exact) mass is 220 g/mol. The van der Waals surface area contributed by atoms with Gasteiger partial charge < -0.3 is 4.90 Å². The first-order valence-electron chi connectivity index (χ1n) is 5.61. The van der Waals surface area contributed by atoms with Crippen LogP contribution in [-0.2, 0) is 0 Å². The van der Waals surface area contributed by atoms with Gasteiger partial charge in [-0.1, -0.05) is 20.8 Å². The molecule has 3 heteroatoms. The van der Waals surface area contributed by atoms with Crippen LogP contribution in [0.15, 0.2) is 18.3 Å². The van der Waals surface area contributed by atoms with Gasteiger partial charge in [0.1, 0.15) is 5.69 Å². The first-order valence-corrected chi connectivity index (χ1v) is 5.61. The Hall–Kier alpha value is -1.38. The molecule has 0 aliphatic heterocycles. The highest BCUT2D eigenvalue weighted by atomic mass is 16.2. The van der Waals surface area contributed by atoms with Crippen molar-refractivity contribution in [1.29, 1.82) is 0 Å². The molecule has 0 aliphatic carbocycles. The smallest absolute Gasteiger partial charge is 0.271 e. The molecule has 1 heterocycles. The lowest BCUT2D eigenvalue weighted by Crippen LogP contribution is -2.23. The highest BCUT2D eigenvalue weighted by molar-refractivity contribution is 5.92. The minimum absolute atomic E-state index is 0.0437. The molecule has 0 N–H and O–H groups in total. The molecule has 3 nitrogen and oxygen atoms in total. The lowest BCUT2D eigenvalue weighted by molar-refractivity contribution is 0.0822. The van der Waals surface area contributed by atoms with Crippen LogP contribution in [0.5, 0.6) is 0 Å². The fraction of sp³-hybridized carbons (Fsp3) is 0.538. The van der Waals surface area contributed by atoms with E-state index >= 15 is 0 Å². The quantitative estimate of drug-likeness (QED) is 0.784. The molecule has 0 saturated heterocycles. The fourth-order valence-corrected chi connectivity index (χ4v) is 1.46. The SMILES string of the molecule is CC(C)C(C)c1ccnc(C(=O)N(C)C)c1. The Bertz CT molecular complexity index is 372. The normalized spacial score (nSPS) is 12.6. The zero-order valence-corrected chi connectivity index (χ0v) is 10.7. The minimum atomic E-state index is -0.0437. The molecule has 1 atom stereocenters. The van der Waals surface area contributed by atoms with Crippen LogP contribution in [-0.4, -0.2) is 29.9 Å². The topological polar surface area (TPSA) is 33.2 Å². The van der Waals surface area contributed by atoms with Gasteiger partial charge in [-0.3, -0.25) is 9.78 Å². The summed E-state index contributed by atoms with van der Waals surface area (Å²) in [6.45, 7) is 6.53. The third-order valence-corrected chi connectivity index (χ3v) is 2.94. The van der Waals surface area contributed by atoms with Gasteiger partial charge in [0.25, 0.3) is 5.91 Å². The van der Waals surface area contributed by atoms with Gasteiger partial charge in [-0.15, -0.1) is 0 Å². The molecule has 1 aromatic heterocycles. The molecule has 0 spiro atoms. The molecule has 1 aromatic rings. The first kappa shape index (κ1) is 12.7. The summed E-state index contributed by atoms with van der Waals surface area (Å²) in [4.78, 5) is 17.4. The van der Waals surface area contributed by atoms with E-state index in [1.807, 2.05) is 12.1 Å². The summed E-state index contributed by atoms with van der Waals surface area (Å²) in [5.74, 6) is 0.958. The standard InChI is InChI=1S/C13H20N2O/c1-9(2)10(3)11-6-7-14-12(8-11)13(16)15(4)5/h6-10H,1-5H3. The van der Waals surface area contributed by atoms with Crippen molar-refractivity contribution in [2.45, 2.75) is 26.7 Å². The summed E-state index contributed by atoms with van der Waals surface area (Å²) >= 11 is 0. The summed E-state index contributed by atoms with van der Waals surface area (Å²) in [5, 5.41) is 0. The second kappa shape index (κ2) is 5.10. The molecule has 1 amide bonds. The third kappa shape index (κ3) is 2.81. The largest absolute Gasteiger partial charge is 0.343 e. The number of carbonyl (C=O) groups is 1. The van der Waals surface area contributed by atoms with Gasteiger partial charge in [0.05, 0.1) is 0 Å². The van der Waals surface area contributed by atoms with Crippen molar-refractivity contribution in [1.82, 2.24) is 9.88 Å². The van der Waals surface area contributed by atoms with Crippen LogP contribution >= 0.6 is 0 Å². The molecule has 0 radical (unpaired) electrons. The molecule has 1 unspecified atom stereocenters.